The highest BCUT2D eigenvalue weighted by atomic mass is 16.2. The number of hydrogen-bond donors (Lipinski definition) is 1. The summed E-state index contributed by atoms with van der Waals surface area (Å²) in [5, 5.41) is 12.0. The maximum absolute atomic E-state index is 13.3. The normalized spacial score (nSPS) is 21.0. The van der Waals surface area contributed by atoms with Crippen molar-refractivity contribution in [3.63, 3.8) is 0 Å². The monoisotopic (exact) mass is 389 g/mol. The van der Waals surface area contributed by atoms with E-state index in [4.69, 9.17) is 0 Å². The van der Waals surface area contributed by atoms with Gasteiger partial charge in [-0.2, -0.15) is 10.2 Å². The summed E-state index contributed by atoms with van der Waals surface area (Å²) in [5.41, 5.74) is 6.66. The van der Waals surface area contributed by atoms with Crippen molar-refractivity contribution in [2.24, 2.45) is 0 Å². The van der Waals surface area contributed by atoms with E-state index in [1.165, 1.54) is 11.3 Å². The molecular formula is C23H27N5O. The van der Waals surface area contributed by atoms with Crippen molar-refractivity contribution >= 4 is 5.91 Å². The van der Waals surface area contributed by atoms with Gasteiger partial charge in [-0.1, -0.05) is 12.1 Å². The van der Waals surface area contributed by atoms with Crippen LogP contribution in [0.2, 0.25) is 0 Å². The first-order valence-electron chi connectivity index (χ1n) is 10.5. The number of nitrogens with one attached hydrogen (secondary N) is 1. The van der Waals surface area contributed by atoms with E-state index in [9.17, 15) is 4.79 Å². The Labute approximate surface area is 170 Å². The van der Waals surface area contributed by atoms with Crippen LogP contribution in [0, 0.1) is 13.8 Å². The van der Waals surface area contributed by atoms with Gasteiger partial charge in [0.1, 0.15) is 0 Å². The Morgan fingerprint density at radius 2 is 2.14 bits per heavy atom. The lowest BCUT2D eigenvalue weighted by atomic mass is 9.77. The summed E-state index contributed by atoms with van der Waals surface area (Å²) in [5.74, 6) is 0.132. The summed E-state index contributed by atoms with van der Waals surface area (Å²) in [6, 6.07) is 10.1. The zero-order valence-corrected chi connectivity index (χ0v) is 17.1. The van der Waals surface area contributed by atoms with E-state index in [1.807, 2.05) is 40.9 Å². The molecule has 6 heteroatoms. The second-order valence-corrected chi connectivity index (χ2v) is 8.67. The number of carbonyl (C=O) groups is 1. The van der Waals surface area contributed by atoms with Crippen LogP contribution in [0.5, 0.6) is 0 Å². The minimum absolute atomic E-state index is 0.0566. The molecule has 2 aliphatic rings. The van der Waals surface area contributed by atoms with Gasteiger partial charge in [0.15, 0.2) is 0 Å². The molecule has 1 unspecified atom stereocenters. The second kappa shape index (κ2) is 6.87. The van der Waals surface area contributed by atoms with Crippen molar-refractivity contribution in [3.05, 3.63) is 70.3 Å². The molecule has 1 aliphatic carbocycles. The highest BCUT2D eigenvalue weighted by molar-refractivity contribution is 5.94. The van der Waals surface area contributed by atoms with Crippen molar-refractivity contribution in [1.82, 2.24) is 24.9 Å². The molecule has 3 aromatic rings. The maximum atomic E-state index is 13.3. The second-order valence-electron chi connectivity index (χ2n) is 8.67. The molecule has 3 heterocycles. The van der Waals surface area contributed by atoms with Gasteiger partial charge in [-0.3, -0.25) is 14.6 Å². The largest absolute Gasteiger partial charge is 0.338 e. The summed E-state index contributed by atoms with van der Waals surface area (Å²) in [4.78, 5) is 15.4. The van der Waals surface area contributed by atoms with Crippen molar-refractivity contribution in [2.75, 3.05) is 13.1 Å². The topological polar surface area (TPSA) is 66.8 Å². The Kier molecular flexibility index (Phi) is 4.30. The molecule has 6 nitrogen and oxygen atoms in total. The Morgan fingerprint density at radius 3 is 2.97 bits per heavy atom. The fraction of sp³-hybridized carbons (Fsp3) is 0.435. The summed E-state index contributed by atoms with van der Waals surface area (Å²) in [7, 11) is 0. The van der Waals surface area contributed by atoms with Crippen LogP contribution in [0.25, 0.3) is 0 Å². The number of benzene rings is 1. The molecule has 0 radical (unpaired) electrons. The van der Waals surface area contributed by atoms with Crippen LogP contribution in [0.15, 0.2) is 36.5 Å². The van der Waals surface area contributed by atoms with Crippen molar-refractivity contribution in [2.45, 2.75) is 51.5 Å². The fourth-order valence-electron chi connectivity index (χ4n) is 5.17. The van der Waals surface area contributed by atoms with Crippen LogP contribution in [-0.2, 0) is 18.4 Å². The highest BCUT2D eigenvalue weighted by Crippen LogP contribution is 2.44. The van der Waals surface area contributed by atoms with Gasteiger partial charge in [-0.25, -0.2) is 0 Å². The average Bonchev–Trinajstić information content (AvgIpc) is 3.40. The zero-order valence-electron chi connectivity index (χ0n) is 17.1. The van der Waals surface area contributed by atoms with E-state index in [1.54, 1.807) is 0 Å². The van der Waals surface area contributed by atoms with Crippen molar-refractivity contribution in [3.8, 4) is 0 Å². The lowest BCUT2D eigenvalue weighted by Gasteiger charge is -2.40. The lowest BCUT2D eigenvalue weighted by molar-refractivity contribution is 0.0632. The van der Waals surface area contributed by atoms with E-state index < -0.39 is 0 Å². The van der Waals surface area contributed by atoms with Crippen LogP contribution >= 0.6 is 0 Å². The van der Waals surface area contributed by atoms with Gasteiger partial charge in [-0.05, 0) is 68.9 Å². The quantitative estimate of drug-likeness (QED) is 0.747. The van der Waals surface area contributed by atoms with E-state index in [2.05, 4.69) is 34.4 Å². The fourth-order valence-corrected chi connectivity index (χ4v) is 5.17. The predicted molar refractivity (Wildman–Crippen MR) is 111 cm³/mol. The first-order chi connectivity index (χ1) is 14.0. The van der Waals surface area contributed by atoms with Crippen LogP contribution in [0.1, 0.15) is 57.8 Å². The highest BCUT2D eigenvalue weighted by Gasteiger charge is 2.44. The number of amides is 1. The SMILES string of the molecule is Cc1cc(C)n(Cc2cccc(C(=O)N3CCCC4(CCc5cn[nH]c54)C3)c2)n1. The maximum Gasteiger partial charge on any atom is 0.253 e. The number of aromatic nitrogens is 4. The van der Waals surface area contributed by atoms with Gasteiger partial charge >= 0.3 is 0 Å². The molecule has 1 N–H and O–H groups in total. The third kappa shape index (κ3) is 3.16. The molecule has 0 saturated carbocycles. The van der Waals surface area contributed by atoms with E-state index in [-0.39, 0.29) is 11.3 Å². The average molecular weight is 390 g/mol. The number of carbonyl (C=O) groups excluding carboxylic acids is 1. The molecule has 1 amide bonds. The standard InChI is InChI=1S/C23H27N5O/c1-16-11-17(2)28(26-16)14-18-5-3-6-19(12-18)22(29)27-10-4-8-23(15-27)9-7-20-13-24-25-21(20)23/h3,5-6,11-13H,4,7-10,14-15H2,1-2H3,(H,24,25). The molecule has 0 bridgehead atoms. The van der Waals surface area contributed by atoms with Crippen LogP contribution in [0.4, 0.5) is 0 Å². The Balaban J connectivity index is 1.36. The minimum atomic E-state index is 0.0566. The summed E-state index contributed by atoms with van der Waals surface area (Å²) in [6.07, 6.45) is 6.29. The Hall–Kier alpha value is -2.89. The van der Waals surface area contributed by atoms with E-state index in [0.29, 0.717) is 6.54 Å². The van der Waals surface area contributed by atoms with Gasteiger partial charge < -0.3 is 4.90 Å². The first-order valence-corrected chi connectivity index (χ1v) is 10.5. The number of nitrogens with zero attached hydrogens (tertiary/aromatic N) is 4. The van der Waals surface area contributed by atoms with Crippen LogP contribution in [-0.4, -0.2) is 43.9 Å². The predicted octanol–water partition coefficient (Wildman–Crippen LogP) is 3.39. The molecular weight excluding hydrogens is 362 g/mol. The molecule has 1 saturated heterocycles. The molecule has 1 aliphatic heterocycles. The number of piperidine rings is 1. The molecule has 2 aromatic heterocycles. The molecule has 1 atom stereocenters. The molecule has 29 heavy (non-hydrogen) atoms. The van der Waals surface area contributed by atoms with Crippen LogP contribution in [0.3, 0.4) is 0 Å². The number of likely N-dealkylation sites (tertiary alicyclic amines) is 1. The van der Waals surface area contributed by atoms with Gasteiger partial charge in [-0.15, -0.1) is 0 Å². The van der Waals surface area contributed by atoms with Gasteiger partial charge in [0.2, 0.25) is 0 Å². The number of aromatic amines is 1. The number of aryl methyl sites for hydroxylation is 3. The minimum Gasteiger partial charge on any atom is -0.338 e. The number of H-pyrrole nitrogens is 1. The van der Waals surface area contributed by atoms with E-state index in [0.717, 1.165) is 61.3 Å². The number of fused-ring (bicyclic) bond motifs is 2. The summed E-state index contributed by atoms with van der Waals surface area (Å²) in [6.45, 7) is 6.36. The van der Waals surface area contributed by atoms with Gasteiger partial charge in [0, 0.05) is 35.5 Å². The third-order valence-electron chi connectivity index (χ3n) is 6.59. The molecule has 150 valence electrons. The van der Waals surface area contributed by atoms with Crippen LogP contribution < -0.4 is 0 Å². The molecule has 5 rings (SSSR count). The molecule has 1 spiro atoms. The number of rotatable bonds is 3. The Morgan fingerprint density at radius 1 is 1.24 bits per heavy atom. The summed E-state index contributed by atoms with van der Waals surface area (Å²) < 4.78 is 1.99. The number of hydrogen-bond acceptors (Lipinski definition) is 3. The molecule has 1 aromatic carbocycles. The summed E-state index contributed by atoms with van der Waals surface area (Å²) >= 11 is 0. The van der Waals surface area contributed by atoms with Gasteiger partial charge in [0.25, 0.3) is 5.91 Å². The van der Waals surface area contributed by atoms with Crippen molar-refractivity contribution < 1.29 is 4.79 Å². The Bertz CT molecular complexity index is 1060. The van der Waals surface area contributed by atoms with E-state index >= 15 is 0 Å². The lowest BCUT2D eigenvalue weighted by Crippen LogP contribution is -2.47. The van der Waals surface area contributed by atoms with Crippen molar-refractivity contribution in [1.29, 1.82) is 0 Å². The van der Waals surface area contributed by atoms with Gasteiger partial charge in [0.05, 0.1) is 18.4 Å². The molecule has 1 fully saturated rings. The third-order valence-corrected chi connectivity index (χ3v) is 6.59. The first kappa shape index (κ1) is 18.2. The smallest absolute Gasteiger partial charge is 0.253 e. The zero-order chi connectivity index (χ0) is 20.0.